The van der Waals surface area contributed by atoms with E-state index in [1.165, 1.54) is 12.1 Å². The minimum absolute atomic E-state index is 0.00491. The Bertz CT molecular complexity index is 548. The van der Waals surface area contributed by atoms with Crippen LogP contribution in [-0.4, -0.2) is 34.0 Å². The van der Waals surface area contributed by atoms with E-state index in [4.69, 9.17) is 14.4 Å². The molecule has 7 heteroatoms. The standard InChI is InChI=1S/C15H22O6S/c1-12-6-8-14(9-7-12)22(16,17)21-19-11-13(2)20-15-5-3-4-10-18-15/h6-9,13,15H,3-5,10-11H2,1-2H3/t13-,15?/m0/s1. The molecule has 2 atom stereocenters. The van der Waals surface area contributed by atoms with Crippen LogP contribution in [0.2, 0.25) is 0 Å². The highest BCUT2D eigenvalue weighted by Crippen LogP contribution is 2.16. The van der Waals surface area contributed by atoms with Crippen molar-refractivity contribution < 1.29 is 27.1 Å². The van der Waals surface area contributed by atoms with Gasteiger partial charge in [-0.2, -0.15) is 8.42 Å². The van der Waals surface area contributed by atoms with E-state index in [1.807, 2.05) is 6.92 Å². The molecule has 0 radical (unpaired) electrons. The van der Waals surface area contributed by atoms with Crippen molar-refractivity contribution in [3.8, 4) is 0 Å². The molecule has 1 heterocycles. The normalized spacial score (nSPS) is 20.7. The van der Waals surface area contributed by atoms with Gasteiger partial charge >= 0.3 is 10.1 Å². The molecule has 1 aliphatic heterocycles. The Morgan fingerprint density at radius 3 is 2.64 bits per heavy atom. The molecule has 1 aromatic carbocycles. The maximum absolute atomic E-state index is 11.9. The lowest BCUT2D eigenvalue weighted by Gasteiger charge is -2.25. The second-order valence-corrected chi connectivity index (χ2v) is 6.88. The minimum atomic E-state index is -3.91. The van der Waals surface area contributed by atoms with Crippen LogP contribution in [0.25, 0.3) is 0 Å². The van der Waals surface area contributed by atoms with Crippen molar-refractivity contribution in [2.45, 2.75) is 50.4 Å². The molecule has 124 valence electrons. The van der Waals surface area contributed by atoms with Gasteiger partial charge in [-0.3, -0.25) is 0 Å². The van der Waals surface area contributed by atoms with Crippen LogP contribution in [-0.2, 0) is 28.8 Å². The smallest absolute Gasteiger partial charge is 0.323 e. The fourth-order valence-electron chi connectivity index (χ4n) is 2.05. The van der Waals surface area contributed by atoms with Crippen molar-refractivity contribution in [1.82, 2.24) is 0 Å². The number of hydrogen-bond acceptors (Lipinski definition) is 6. The van der Waals surface area contributed by atoms with Crippen LogP contribution >= 0.6 is 0 Å². The maximum Gasteiger partial charge on any atom is 0.323 e. The lowest BCUT2D eigenvalue weighted by molar-refractivity contribution is -0.250. The average Bonchev–Trinajstić information content (AvgIpc) is 2.48. The molecule has 0 N–H and O–H groups in total. The number of hydrogen-bond donors (Lipinski definition) is 0. The molecule has 1 aliphatic rings. The molecule has 1 fully saturated rings. The van der Waals surface area contributed by atoms with Crippen molar-refractivity contribution in [3.05, 3.63) is 29.8 Å². The van der Waals surface area contributed by atoms with Gasteiger partial charge in [0, 0.05) is 6.61 Å². The summed E-state index contributed by atoms with van der Waals surface area (Å²) in [6, 6.07) is 6.35. The lowest BCUT2D eigenvalue weighted by atomic mass is 10.2. The SMILES string of the molecule is Cc1ccc(S(=O)(=O)OOC[C@H](C)OC2CCCCO2)cc1. The maximum atomic E-state index is 11.9. The zero-order chi connectivity index (χ0) is 16.0. The Morgan fingerprint density at radius 2 is 2.00 bits per heavy atom. The van der Waals surface area contributed by atoms with E-state index in [-0.39, 0.29) is 23.9 Å². The first-order chi connectivity index (χ1) is 10.5. The number of aryl methyl sites for hydroxylation is 1. The number of rotatable bonds is 7. The molecule has 0 aliphatic carbocycles. The van der Waals surface area contributed by atoms with Gasteiger partial charge in [-0.15, -0.1) is 4.33 Å². The molecule has 2 rings (SSSR count). The predicted octanol–water partition coefficient (Wildman–Crippen LogP) is 2.56. The van der Waals surface area contributed by atoms with Gasteiger partial charge in [-0.1, -0.05) is 17.7 Å². The van der Waals surface area contributed by atoms with E-state index in [9.17, 15) is 8.42 Å². The van der Waals surface area contributed by atoms with E-state index in [2.05, 4.69) is 4.33 Å². The second kappa shape index (κ2) is 8.03. The highest BCUT2D eigenvalue weighted by Gasteiger charge is 2.20. The van der Waals surface area contributed by atoms with Crippen molar-refractivity contribution >= 4 is 10.1 Å². The van der Waals surface area contributed by atoms with Gasteiger partial charge in [0.05, 0.1) is 11.0 Å². The van der Waals surface area contributed by atoms with Gasteiger partial charge in [-0.25, -0.2) is 4.89 Å². The first-order valence-electron chi connectivity index (χ1n) is 7.37. The summed E-state index contributed by atoms with van der Waals surface area (Å²) < 4.78 is 39.4. The fraction of sp³-hybridized carbons (Fsp3) is 0.600. The van der Waals surface area contributed by atoms with Crippen molar-refractivity contribution in [3.63, 3.8) is 0 Å². The molecular weight excluding hydrogens is 308 g/mol. The van der Waals surface area contributed by atoms with Gasteiger partial charge in [-0.05, 0) is 45.2 Å². The first-order valence-corrected chi connectivity index (χ1v) is 8.78. The van der Waals surface area contributed by atoms with Crippen LogP contribution in [0.1, 0.15) is 31.7 Å². The summed E-state index contributed by atoms with van der Waals surface area (Å²) in [7, 11) is -3.91. The third kappa shape index (κ3) is 5.33. The van der Waals surface area contributed by atoms with E-state index in [1.54, 1.807) is 19.1 Å². The number of benzene rings is 1. The zero-order valence-corrected chi connectivity index (χ0v) is 13.7. The molecule has 0 spiro atoms. The molecule has 6 nitrogen and oxygen atoms in total. The van der Waals surface area contributed by atoms with E-state index >= 15 is 0 Å². The summed E-state index contributed by atoms with van der Waals surface area (Å²) in [5.41, 5.74) is 0.967. The summed E-state index contributed by atoms with van der Waals surface area (Å²) in [4.78, 5) is 4.88. The first kappa shape index (κ1) is 17.4. The van der Waals surface area contributed by atoms with Gasteiger partial charge in [0.25, 0.3) is 0 Å². The van der Waals surface area contributed by atoms with E-state index in [0.29, 0.717) is 6.61 Å². The van der Waals surface area contributed by atoms with Gasteiger partial charge in [0.15, 0.2) is 6.29 Å². The molecule has 1 unspecified atom stereocenters. The molecule has 0 aromatic heterocycles. The van der Waals surface area contributed by atoms with Gasteiger partial charge < -0.3 is 9.47 Å². The van der Waals surface area contributed by atoms with Crippen LogP contribution in [0.15, 0.2) is 29.2 Å². The van der Waals surface area contributed by atoms with E-state index < -0.39 is 10.1 Å². The molecular formula is C15H22O6S. The highest BCUT2D eigenvalue weighted by atomic mass is 32.2. The van der Waals surface area contributed by atoms with Crippen LogP contribution in [0, 0.1) is 6.92 Å². The minimum Gasteiger partial charge on any atom is -0.353 e. The van der Waals surface area contributed by atoms with Crippen LogP contribution in [0.3, 0.4) is 0 Å². The monoisotopic (exact) mass is 330 g/mol. The Balaban J connectivity index is 1.75. The van der Waals surface area contributed by atoms with Crippen molar-refractivity contribution in [2.75, 3.05) is 13.2 Å². The Hall–Kier alpha value is -0.990. The lowest BCUT2D eigenvalue weighted by Crippen LogP contribution is -2.29. The van der Waals surface area contributed by atoms with Crippen LogP contribution in [0.4, 0.5) is 0 Å². The third-order valence-electron chi connectivity index (χ3n) is 3.27. The molecule has 0 saturated carbocycles. The summed E-state index contributed by atoms with van der Waals surface area (Å²) in [6.45, 7) is 4.35. The largest absolute Gasteiger partial charge is 0.353 e. The Morgan fingerprint density at radius 1 is 1.27 bits per heavy atom. The summed E-state index contributed by atoms with van der Waals surface area (Å²) >= 11 is 0. The van der Waals surface area contributed by atoms with Crippen molar-refractivity contribution in [1.29, 1.82) is 0 Å². The zero-order valence-electron chi connectivity index (χ0n) is 12.9. The second-order valence-electron chi connectivity index (χ2n) is 5.36. The summed E-state index contributed by atoms with van der Waals surface area (Å²) in [5.74, 6) is 0. The van der Waals surface area contributed by atoms with Crippen LogP contribution < -0.4 is 0 Å². The fourth-order valence-corrected chi connectivity index (χ4v) is 2.78. The molecule has 0 amide bonds. The van der Waals surface area contributed by atoms with Gasteiger partial charge in [0.2, 0.25) is 0 Å². The van der Waals surface area contributed by atoms with Crippen molar-refractivity contribution in [2.24, 2.45) is 0 Å². The Labute approximate surface area is 131 Å². The molecule has 0 bridgehead atoms. The Kier molecular flexibility index (Phi) is 6.34. The van der Waals surface area contributed by atoms with Crippen LogP contribution in [0.5, 0.6) is 0 Å². The summed E-state index contributed by atoms with van der Waals surface area (Å²) in [5, 5.41) is 0. The highest BCUT2D eigenvalue weighted by molar-refractivity contribution is 7.86. The average molecular weight is 330 g/mol. The van der Waals surface area contributed by atoms with E-state index in [0.717, 1.165) is 24.8 Å². The molecule has 1 aromatic rings. The quantitative estimate of drug-likeness (QED) is 0.565. The van der Waals surface area contributed by atoms with Gasteiger partial charge in [0.1, 0.15) is 6.61 Å². The predicted molar refractivity (Wildman–Crippen MR) is 79.5 cm³/mol. The molecule has 22 heavy (non-hydrogen) atoms. The molecule has 1 saturated heterocycles. The summed E-state index contributed by atoms with van der Waals surface area (Å²) in [6.07, 6.45) is 2.38. The number of ether oxygens (including phenoxy) is 2. The topological polar surface area (TPSA) is 71.1 Å². The third-order valence-corrected chi connectivity index (χ3v) is 4.40.